The van der Waals surface area contributed by atoms with Crippen LogP contribution in [0.25, 0.3) is 16.2 Å². The average Bonchev–Trinajstić information content (AvgIpc) is 3.26. The van der Waals surface area contributed by atoms with E-state index in [-0.39, 0.29) is 18.0 Å². The number of fused-ring (bicyclic) bond motifs is 1. The second kappa shape index (κ2) is 7.45. The topological polar surface area (TPSA) is 112 Å². The van der Waals surface area contributed by atoms with Crippen LogP contribution in [0.2, 0.25) is 0 Å². The Labute approximate surface area is 162 Å². The highest BCUT2D eigenvalue weighted by Crippen LogP contribution is 2.26. The van der Waals surface area contributed by atoms with Gasteiger partial charge in [-0.05, 0) is 6.07 Å². The van der Waals surface area contributed by atoms with Crippen LogP contribution in [-0.2, 0) is 4.79 Å². The van der Waals surface area contributed by atoms with Crippen molar-refractivity contribution in [3.8, 4) is 17.0 Å². The van der Waals surface area contributed by atoms with Crippen molar-refractivity contribution in [3.05, 3.63) is 70.9 Å². The number of hydrogen-bond acceptors (Lipinski definition) is 7. The summed E-state index contributed by atoms with van der Waals surface area (Å²) in [4.78, 5) is 27.6. The number of amides is 1. The van der Waals surface area contributed by atoms with Crippen LogP contribution < -0.4 is 10.1 Å². The summed E-state index contributed by atoms with van der Waals surface area (Å²) in [6, 6.07) is 15.6. The Hall–Kier alpha value is -3.79. The molecule has 0 unspecified atom stereocenters. The Morgan fingerprint density at radius 3 is 2.68 bits per heavy atom. The molecule has 0 fully saturated rings. The van der Waals surface area contributed by atoms with E-state index < -0.39 is 10.8 Å². The maximum atomic E-state index is 12.1. The lowest BCUT2D eigenvalue weighted by Gasteiger charge is -2.05. The van der Waals surface area contributed by atoms with Crippen molar-refractivity contribution in [3.63, 3.8) is 0 Å². The molecule has 28 heavy (non-hydrogen) atoms. The first-order valence-electron chi connectivity index (χ1n) is 8.18. The summed E-state index contributed by atoms with van der Waals surface area (Å²) in [6.45, 7) is -0.373. The normalized spacial score (nSPS) is 10.7. The second-order valence-corrected chi connectivity index (χ2v) is 6.64. The minimum absolute atomic E-state index is 0.0316. The Morgan fingerprint density at radius 1 is 1.18 bits per heavy atom. The summed E-state index contributed by atoms with van der Waals surface area (Å²) in [5.41, 5.74) is 1.57. The number of anilines is 1. The third-order valence-corrected chi connectivity index (χ3v) is 4.62. The van der Waals surface area contributed by atoms with Crippen molar-refractivity contribution < 1.29 is 14.5 Å². The van der Waals surface area contributed by atoms with Crippen molar-refractivity contribution in [2.75, 3.05) is 11.9 Å². The molecule has 0 aliphatic heterocycles. The van der Waals surface area contributed by atoms with Crippen LogP contribution >= 0.6 is 11.3 Å². The Morgan fingerprint density at radius 2 is 1.93 bits per heavy atom. The third-order valence-electron chi connectivity index (χ3n) is 3.78. The van der Waals surface area contributed by atoms with Gasteiger partial charge in [0.2, 0.25) is 10.1 Å². The molecular weight excluding hydrogens is 382 g/mol. The molecule has 10 heteroatoms. The van der Waals surface area contributed by atoms with Crippen molar-refractivity contribution in [2.45, 2.75) is 0 Å². The van der Waals surface area contributed by atoms with Gasteiger partial charge in [-0.25, -0.2) is 9.50 Å². The van der Waals surface area contributed by atoms with E-state index in [0.717, 1.165) is 11.3 Å². The third kappa shape index (κ3) is 3.67. The number of nitro groups is 1. The van der Waals surface area contributed by atoms with E-state index in [2.05, 4.69) is 15.4 Å². The predicted octanol–water partition coefficient (Wildman–Crippen LogP) is 3.38. The monoisotopic (exact) mass is 395 g/mol. The number of nitrogens with one attached hydrogen (secondary N) is 1. The zero-order chi connectivity index (χ0) is 19.5. The maximum Gasteiger partial charge on any atom is 0.310 e. The number of benzene rings is 2. The van der Waals surface area contributed by atoms with E-state index in [0.29, 0.717) is 10.1 Å². The smallest absolute Gasteiger partial charge is 0.310 e. The van der Waals surface area contributed by atoms with Gasteiger partial charge in [-0.15, -0.1) is 5.10 Å². The van der Waals surface area contributed by atoms with Crippen molar-refractivity contribution in [1.29, 1.82) is 0 Å². The Bertz CT molecular complexity index is 1120. The number of rotatable bonds is 6. The van der Waals surface area contributed by atoms with Gasteiger partial charge in [-0.3, -0.25) is 20.2 Å². The number of ether oxygens (including phenoxy) is 1. The van der Waals surface area contributed by atoms with E-state index in [1.165, 1.54) is 29.5 Å². The van der Waals surface area contributed by atoms with Crippen LogP contribution in [0, 0.1) is 10.1 Å². The van der Waals surface area contributed by atoms with Gasteiger partial charge in [0.15, 0.2) is 12.4 Å². The molecule has 4 aromatic rings. The zero-order valence-electron chi connectivity index (χ0n) is 14.3. The summed E-state index contributed by atoms with van der Waals surface area (Å²) in [5, 5.41) is 18.2. The largest absolute Gasteiger partial charge is 0.477 e. The number of carbonyl (C=O) groups is 1. The first-order chi connectivity index (χ1) is 13.6. The van der Waals surface area contributed by atoms with Gasteiger partial charge < -0.3 is 4.74 Å². The summed E-state index contributed by atoms with van der Waals surface area (Å²) in [6.07, 6.45) is 1.78. The van der Waals surface area contributed by atoms with Gasteiger partial charge in [0.05, 0.1) is 16.8 Å². The minimum Gasteiger partial charge on any atom is -0.477 e. The number of imidazole rings is 1. The van der Waals surface area contributed by atoms with Crippen LogP contribution in [-0.4, -0.2) is 32.0 Å². The number of aromatic nitrogens is 3. The molecule has 2 aromatic carbocycles. The maximum absolute atomic E-state index is 12.1. The summed E-state index contributed by atoms with van der Waals surface area (Å²) in [7, 11) is 0. The molecule has 1 N–H and O–H groups in total. The molecule has 9 nitrogen and oxygen atoms in total. The SMILES string of the molecule is O=C(COc1ccccc1[N+](=O)[O-])Nc1nn2cc(-c3ccccc3)nc2s1. The van der Waals surface area contributed by atoms with Crippen molar-refractivity contribution >= 4 is 33.0 Å². The molecule has 0 saturated heterocycles. The lowest BCUT2D eigenvalue weighted by molar-refractivity contribution is -0.385. The molecule has 2 heterocycles. The molecule has 0 spiro atoms. The highest BCUT2D eigenvalue weighted by Gasteiger charge is 2.16. The fraction of sp³-hybridized carbons (Fsp3) is 0.0556. The molecule has 0 aliphatic rings. The quantitative estimate of drug-likeness (QED) is 0.396. The van der Waals surface area contributed by atoms with Crippen LogP contribution in [0.15, 0.2) is 60.8 Å². The van der Waals surface area contributed by atoms with E-state index in [9.17, 15) is 14.9 Å². The standard InChI is InChI=1S/C18H13N5O4S/c24-16(11-27-15-9-5-4-8-14(15)23(25)26)20-17-21-22-10-13(19-18(22)28-17)12-6-2-1-3-7-12/h1-10H,11H2,(H,20,21,24). The van der Waals surface area contributed by atoms with E-state index in [1.807, 2.05) is 30.3 Å². The molecule has 0 bridgehead atoms. The van der Waals surface area contributed by atoms with Crippen LogP contribution in [0.5, 0.6) is 5.75 Å². The number of carbonyl (C=O) groups excluding carboxylic acids is 1. The van der Waals surface area contributed by atoms with Gasteiger partial charge in [-0.2, -0.15) is 0 Å². The Balaban J connectivity index is 1.42. The molecule has 4 rings (SSSR count). The average molecular weight is 395 g/mol. The molecule has 2 aromatic heterocycles. The van der Waals surface area contributed by atoms with E-state index >= 15 is 0 Å². The molecule has 0 atom stereocenters. The predicted molar refractivity (Wildman–Crippen MR) is 104 cm³/mol. The highest BCUT2D eigenvalue weighted by molar-refractivity contribution is 7.20. The van der Waals surface area contributed by atoms with Crippen LogP contribution in [0.3, 0.4) is 0 Å². The second-order valence-electron chi connectivity index (χ2n) is 5.69. The first-order valence-corrected chi connectivity index (χ1v) is 8.99. The molecule has 1 amide bonds. The molecular formula is C18H13N5O4S. The molecule has 140 valence electrons. The number of hydrogen-bond donors (Lipinski definition) is 1. The van der Waals surface area contributed by atoms with Crippen molar-refractivity contribution in [2.24, 2.45) is 0 Å². The lowest BCUT2D eigenvalue weighted by Crippen LogP contribution is -2.20. The molecule has 0 saturated carbocycles. The number of nitro benzene ring substituents is 1. The van der Waals surface area contributed by atoms with Gasteiger partial charge in [-0.1, -0.05) is 53.8 Å². The highest BCUT2D eigenvalue weighted by atomic mass is 32.1. The fourth-order valence-electron chi connectivity index (χ4n) is 2.53. The number of para-hydroxylation sites is 2. The lowest BCUT2D eigenvalue weighted by atomic mass is 10.2. The van der Waals surface area contributed by atoms with Crippen LogP contribution in [0.1, 0.15) is 0 Å². The summed E-state index contributed by atoms with van der Waals surface area (Å²) in [5.74, 6) is -0.442. The zero-order valence-corrected chi connectivity index (χ0v) is 15.1. The van der Waals surface area contributed by atoms with Gasteiger partial charge >= 0.3 is 5.69 Å². The van der Waals surface area contributed by atoms with E-state index in [4.69, 9.17) is 4.74 Å². The summed E-state index contributed by atoms with van der Waals surface area (Å²) >= 11 is 1.22. The van der Waals surface area contributed by atoms with Gasteiger partial charge in [0.1, 0.15) is 0 Å². The van der Waals surface area contributed by atoms with E-state index in [1.54, 1.807) is 16.8 Å². The first kappa shape index (κ1) is 17.6. The minimum atomic E-state index is -0.562. The molecule has 0 radical (unpaired) electrons. The summed E-state index contributed by atoms with van der Waals surface area (Å²) < 4.78 is 6.85. The van der Waals surface area contributed by atoms with Crippen LogP contribution in [0.4, 0.5) is 10.8 Å². The Kier molecular flexibility index (Phi) is 4.68. The van der Waals surface area contributed by atoms with Gasteiger partial charge in [0.25, 0.3) is 5.91 Å². The fourth-order valence-corrected chi connectivity index (χ4v) is 3.33. The molecule has 0 aliphatic carbocycles. The number of nitrogens with zero attached hydrogens (tertiary/aromatic N) is 4. The van der Waals surface area contributed by atoms with Crippen molar-refractivity contribution in [1.82, 2.24) is 14.6 Å². The van der Waals surface area contributed by atoms with Gasteiger partial charge in [0, 0.05) is 11.6 Å².